The molecule has 122 valence electrons. The lowest BCUT2D eigenvalue weighted by Crippen LogP contribution is -2.12. The maximum absolute atomic E-state index is 13.5. The molecule has 2 aromatic carbocycles. The molecular weight excluding hydrogens is 309 g/mol. The van der Waals surface area contributed by atoms with Crippen LogP contribution >= 0.6 is 0 Å². The van der Waals surface area contributed by atoms with Crippen molar-refractivity contribution in [2.75, 3.05) is 5.32 Å². The maximum Gasteiger partial charge on any atom is 0.227 e. The molecular formula is C18H16FN3O2. The van der Waals surface area contributed by atoms with Gasteiger partial charge in [0.1, 0.15) is 5.82 Å². The fourth-order valence-corrected chi connectivity index (χ4v) is 2.18. The first-order chi connectivity index (χ1) is 11.6. The van der Waals surface area contributed by atoms with Crippen LogP contribution in [0.4, 0.5) is 10.1 Å². The van der Waals surface area contributed by atoms with E-state index in [-0.39, 0.29) is 18.1 Å². The number of hydrogen-bond donors (Lipinski definition) is 1. The molecule has 0 bridgehead atoms. The van der Waals surface area contributed by atoms with Gasteiger partial charge in [0.25, 0.3) is 0 Å². The first-order valence-corrected chi connectivity index (χ1v) is 7.56. The number of hydrogen-bond acceptors (Lipinski definition) is 4. The Morgan fingerprint density at radius 1 is 1.21 bits per heavy atom. The van der Waals surface area contributed by atoms with E-state index in [2.05, 4.69) is 15.5 Å². The van der Waals surface area contributed by atoms with Crippen LogP contribution in [-0.2, 0) is 11.2 Å². The van der Waals surface area contributed by atoms with Crippen LogP contribution in [-0.4, -0.2) is 16.0 Å². The zero-order valence-corrected chi connectivity index (χ0v) is 13.1. The summed E-state index contributed by atoms with van der Waals surface area (Å²) in [5.41, 5.74) is 1.82. The summed E-state index contributed by atoms with van der Waals surface area (Å²) in [5.74, 6) is 0.292. The van der Waals surface area contributed by atoms with E-state index in [9.17, 15) is 9.18 Å². The van der Waals surface area contributed by atoms with E-state index in [0.29, 0.717) is 29.4 Å². The van der Waals surface area contributed by atoms with E-state index in [0.717, 1.165) is 5.56 Å². The van der Waals surface area contributed by atoms with Gasteiger partial charge in [0.05, 0.1) is 0 Å². The van der Waals surface area contributed by atoms with Crippen molar-refractivity contribution in [2.24, 2.45) is 0 Å². The number of nitrogens with one attached hydrogen (secondary N) is 1. The van der Waals surface area contributed by atoms with Crippen LogP contribution in [0, 0.1) is 12.7 Å². The normalized spacial score (nSPS) is 10.6. The number of amides is 1. The number of anilines is 1. The Kier molecular flexibility index (Phi) is 4.65. The number of carbonyl (C=O) groups excluding carboxylic acids is 1. The number of aryl methyl sites for hydroxylation is 2. The fraction of sp³-hybridized carbons (Fsp3) is 0.167. The van der Waals surface area contributed by atoms with Crippen molar-refractivity contribution in [1.82, 2.24) is 10.1 Å². The summed E-state index contributed by atoms with van der Waals surface area (Å²) in [5, 5.41) is 6.55. The second-order valence-corrected chi connectivity index (χ2v) is 5.39. The van der Waals surface area contributed by atoms with Crippen molar-refractivity contribution in [1.29, 1.82) is 0 Å². The molecule has 0 spiro atoms. The highest BCUT2D eigenvalue weighted by molar-refractivity contribution is 5.90. The van der Waals surface area contributed by atoms with Gasteiger partial charge in [0.15, 0.2) is 0 Å². The minimum Gasteiger partial charge on any atom is -0.339 e. The molecule has 5 nitrogen and oxygen atoms in total. The van der Waals surface area contributed by atoms with Gasteiger partial charge in [0, 0.05) is 24.1 Å². The SMILES string of the molecule is Cc1ccc(NC(=O)CCc2nc(-c3ccccc3)no2)cc1F. The fourth-order valence-electron chi connectivity index (χ4n) is 2.18. The third kappa shape index (κ3) is 3.84. The molecule has 1 heterocycles. The predicted molar refractivity (Wildman–Crippen MR) is 87.8 cm³/mol. The molecule has 24 heavy (non-hydrogen) atoms. The lowest BCUT2D eigenvalue weighted by molar-refractivity contribution is -0.116. The second kappa shape index (κ2) is 7.04. The highest BCUT2D eigenvalue weighted by Gasteiger charge is 2.11. The van der Waals surface area contributed by atoms with E-state index in [1.54, 1.807) is 19.1 Å². The number of carbonyl (C=O) groups is 1. The Hall–Kier alpha value is -3.02. The lowest BCUT2D eigenvalue weighted by Gasteiger charge is -2.05. The summed E-state index contributed by atoms with van der Waals surface area (Å²) < 4.78 is 18.6. The minimum absolute atomic E-state index is 0.173. The average Bonchev–Trinajstić information content (AvgIpc) is 3.06. The maximum atomic E-state index is 13.5. The molecule has 0 aliphatic carbocycles. The van der Waals surface area contributed by atoms with Crippen LogP contribution in [0.1, 0.15) is 17.9 Å². The summed E-state index contributed by atoms with van der Waals surface area (Å²) in [7, 11) is 0. The molecule has 0 atom stereocenters. The summed E-state index contributed by atoms with van der Waals surface area (Å²) in [6.45, 7) is 1.67. The number of aromatic nitrogens is 2. The average molecular weight is 325 g/mol. The zero-order valence-electron chi connectivity index (χ0n) is 13.1. The van der Waals surface area contributed by atoms with Gasteiger partial charge in [-0.25, -0.2) is 4.39 Å². The summed E-state index contributed by atoms with van der Waals surface area (Å²) in [6.07, 6.45) is 0.492. The van der Waals surface area contributed by atoms with Crippen molar-refractivity contribution in [3.05, 3.63) is 65.8 Å². The van der Waals surface area contributed by atoms with Gasteiger partial charge in [-0.2, -0.15) is 4.98 Å². The molecule has 3 rings (SSSR count). The molecule has 1 N–H and O–H groups in total. The smallest absolute Gasteiger partial charge is 0.227 e. The van der Waals surface area contributed by atoms with Gasteiger partial charge in [-0.15, -0.1) is 0 Å². The van der Waals surface area contributed by atoms with Gasteiger partial charge in [-0.1, -0.05) is 41.6 Å². The molecule has 3 aromatic rings. The Bertz CT molecular complexity index is 846. The van der Waals surface area contributed by atoms with Gasteiger partial charge >= 0.3 is 0 Å². The number of benzene rings is 2. The largest absolute Gasteiger partial charge is 0.339 e. The first-order valence-electron chi connectivity index (χ1n) is 7.56. The Morgan fingerprint density at radius 3 is 2.75 bits per heavy atom. The van der Waals surface area contributed by atoms with E-state index in [4.69, 9.17) is 4.52 Å². The van der Waals surface area contributed by atoms with Crippen LogP contribution in [0.3, 0.4) is 0 Å². The minimum atomic E-state index is -0.350. The van der Waals surface area contributed by atoms with E-state index < -0.39 is 0 Å². The van der Waals surface area contributed by atoms with Crippen molar-refractivity contribution >= 4 is 11.6 Å². The predicted octanol–water partition coefficient (Wildman–Crippen LogP) is 3.76. The van der Waals surface area contributed by atoms with Gasteiger partial charge in [-0.05, 0) is 24.6 Å². The molecule has 1 amide bonds. The van der Waals surface area contributed by atoms with Crippen LogP contribution in [0.2, 0.25) is 0 Å². The molecule has 0 unspecified atom stereocenters. The van der Waals surface area contributed by atoms with Crippen LogP contribution in [0.5, 0.6) is 0 Å². The summed E-state index contributed by atoms with van der Waals surface area (Å²) in [6, 6.07) is 14.0. The lowest BCUT2D eigenvalue weighted by atomic mass is 10.2. The first kappa shape index (κ1) is 15.9. The third-order valence-corrected chi connectivity index (χ3v) is 3.52. The summed E-state index contributed by atoms with van der Waals surface area (Å²) >= 11 is 0. The summed E-state index contributed by atoms with van der Waals surface area (Å²) in [4.78, 5) is 16.2. The molecule has 0 radical (unpaired) electrons. The van der Waals surface area contributed by atoms with Crippen molar-refractivity contribution in [3.63, 3.8) is 0 Å². The highest BCUT2D eigenvalue weighted by Crippen LogP contribution is 2.16. The van der Waals surface area contributed by atoms with E-state index >= 15 is 0 Å². The molecule has 0 saturated carbocycles. The third-order valence-electron chi connectivity index (χ3n) is 3.52. The Labute approximate surface area is 138 Å². The molecule has 0 aliphatic heterocycles. The van der Waals surface area contributed by atoms with Gasteiger partial charge in [0.2, 0.25) is 17.6 Å². The van der Waals surface area contributed by atoms with E-state index in [1.165, 1.54) is 6.07 Å². The van der Waals surface area contributed by atoms with Crippen molar-refractivity contribution < 1.29 is 13.7 Å². The number of nitrogens with zero attached hydrogens (tertiary/aromatic N) is 2. The monoisotopic (exact) mass is 325 g/mol. The zero-order chi connectivity index (χ0) is 16.9. The molecule has 1 aromatic heterocycles. The van der Waals surface area contributed by atoms with Gasteiger partial charge < -0.3 is 9.84 Å². The van der Waals surface area contributed by atoms with Crippen molar-refractivity contribution in [3.8, 4) is 11.4 Å². The molecule has 0 saturated heterocycles. The Morgan fingerprint density at radius 2 is 2.00 bits per heavy atom. The topological polar surface area (TPSA) is 68.0 Å². The molecule has 6 heteroatoms. The number of rotatable bonds is 5. The van der Waals surface area contributed by atoms with Gasteiger partial charge in [-0.3, -0.25) is 4.79 Å². The molecule has 0 aliphatic rings. The van der Waals surface area contributed by atoms with E-state index in [1.807, 2.05) is 30.3 Å². The van der Waals surface area contributed by atoms with Crippen LogP contribution in [0.15, 0.2) is 53.1 Å². The standard InChI is InChI=1S/C18H16FN3O2/c1-12-7-8-14(11-15(12)19)20-16(23)9-10-17-21-18(22-24-17)13-5-3-2-4-6-13/h2-8,11H,9-10H2,1H3,(H,20,23). The molecule has 0 fully saturated rings. The Balaban J connectivity index is 1.56. The van der Waals surface area contributed by atoms with Crippen molar-refractivity contribution in [2.45, 2.75) is 19.8 Å². The van der Waals surface area contributed by atoms with Crippen LogP contribution < -0.4 is 5.32 Å². The second-order valence-electron chi connectivity index (χ2n) is 5.39. The number of halogens is 1. The quantitative estimate of drug-likeness (QED) is 0.775. The highest BCUT2D eigenvalue weighted by atomic mass is 19.1. The van der Waals surface area contributed by atoms with Crippen LogP contribution in [0.25, 0.3) is 11.4 Å².